The molecule has 1 unspecified atom stereocenters. The van der Waals surface area contributed by atoms with Crippen LogP contribution in [0, 0.1) is 5.41 Å². The molecule has 0 amide bonds. The van der Waals surface area contributed by atoms with Crippen LogP contribution < -0.4 is 5.32 Å². The minimum absolute atomic E-state index is 0.0467. The average Bonchev–Trinajstić information content (AvgIpc) is 2.23. The first kappa shape index (κ1) is 17.7. The number of nitrogens with one attached hydrogen (secondary N) is 1. The summed E-state index contributed by atoms with van der Waals surface area (Å²) in [6, 6.07) is 0. The van der Waals surface area contributed by atoms with E-state index in [2.05, 4.69) is 19.2 Å². The number of halogens is 3. The molecule has 0 aliphatic carbocycles. The Morgan fingerprint density at radius 2 is 1.72 bits per heavy atom. The Bertz CT molecular complexity index is 219. The molecule has 0 aliphatic heterocycles. The summed E-state index contributed by atoms with van der Waals surface area (Å²) in [4.78, 5) is 1.79. The fourth-order valence-corrected chi connectivity index (χ4v) is 2.30. The van der Waals surface area contributed by atoms with Gasteiger partial charge in [-0.2, -0.15) is 13.2 Å². The number of hydrogen-bond donors (Lipinski definition) is 1. The molecule has 0 heterocycles. The van der Waals surface area contributed by atoms with Crippen LogP contribution in [0.25, 0.3) is 0 Å². The molecule has 0 saturated carbocycles. The maximum atomic E-state index is 12.2. The smallest absolute Gasteiger partial charge is 0.316 e. The Balaban J connectivity index is 4.21. The van der Waals surface area contributed by atoms with Crippen molar-refractivity contribution < 1.29 is 13.2 Å². The maximum Gasteiger partial charge on any atom is 0.390 e. The summed E-state index contributed by atoms with van der Waals surface area (Å²) in [6.07, 6.45) is -2.71. The van der Waals surface area contributed by atoms with Crippen LogP contribution in [0.15, 0.2) is 0 Å². The monoisotopic (exact) mass is 268 g/mol. The van der Waals surface area contributed by atoms with Crippen LogP contribution in [0.1, 0.15) is 40.0 Å². The Kier molecular flexibility index (Phi) is 7.87. The molecule has 0 saturated heterocycles. The van der Waals surface area contributed by atoms with Crippen LogP contribution in [0.4, 0.5) is 13.2 Å². The van der Waals surface area contributed by atoms with Crippen molar-refractivity contribution >= 4 is 0 Å². The fourth-order valence-electron chi connectivity index (χ4n) is 2.30. The van der Waals surface area contributed by atoms with E-state index in [-0.39, 0.29) is 12.0 Å². The number of hydrogen-bond acceptors (Lipinski definition) is 2. The van der Waals surface area contributed by atoms with Gasteiger partial charge in [0.05, 0.1) is 6.42 Å². The molecule has 0 aromatic rings. The SMILES string of the molecule is CCCC(C)(CNCC)CN(C)CCC(F)(F)F. The lowest BCUT2D eigenvalue weighted by Crippen LogP contribution is -2.41. The van der Waals surface area contributed by atoms with E-state index in [0.29, 0.717) is 6.54 Å². The molecular formula is C13H27F3N2. The molecule has 110 valence electrons. The first-order valence-corrected chi connectivity index (χ1v) is 6.68. The Morgan fingerprint density at radius 1 is 1.11 bits per heavy atom. The van der Waals surface area contributed by atoms with Gasteiger partial charge in [0.25, 0.3) is 0 Å². The quantitative estimate of drug-likeness (QED) is 0.690. The summed E-state index contributed by atoms with van der Waals surface area (Å²) in [5, 5.41) is 3.30. The van der Waals surface area contributed by atoms with Crippen molar-refractivity contribution in [1.29, 1.82) is 0 Å². The van der Waals surface area contributed by atoms with Gasteiger partial charge in [-0.1, -0.05) is 27.2 Å². The number of alkyl halides is 3. The second kappa shape index (κ2) is 8.00. The van der Waals surface area contributed by atoms with Gasteiger partial charge in [-0.3, -0.25) is 0 Å². The van der Waals surface area contributed by atoms with Crippen LogP contribution in [-0.2, 0) is 0 Å². The van der Waals surface area contributed by atoms with E-state index in [1.54, 1.807) is 11.9 Å². The molecule has 0 aromatic carbocycles. The van der Waals surface area contributed by atoms with Crippen molar-refractivity contribution in [2.75, 3.05) is 33.2 Å². The second-order valence-electron chi connectivity index (χ2n) is 5.44. The standard InChI is InChI=1S/C13H27F3N2/c1-5-7-12(3,10-17-6-2)11-18(4)9-8-13(14,15)16/h17H,5-11H2,1-4H3. The summed E-state index contributed by atoms with van der Waals surface area (Å²) < 4.78 is 36.5. The van der Waals surface area contributed by atoms with Crippen molar-refractivity contribution in [2.45, 2.75) is 46.2 Å². The number of nitrogens with zero attached hydrogens (tertiary/aromatic N) is 1. The highest BCUT2D eigenvalue weighted by Gasteiger charge is 2.29. The van der Waals surface area contributed by atoms with Crippen molar-refractivity contribution in [3.05, 3.63) is 0 Å². The summed E-state index contributed by atoms with van der Waals surface area (Å²) in [7, 11) is 1.77. The van der Waals surface area contributed by atoms with Crippen molar-refractivity contribution in [3.63, 3.8) is 0 Å². The molecule has 1 atom stereocenters. The van der Waals surface area contributed by atoms with Crippen molar-refractivity contribution in [2.24, 2.45) is 5.41 Å². The third-order valence-corrected chi connectivity index (χ3v) is 3.08. The lowest BCUT2D eigenvalue weighted by Gasteiger charge is -2.34. The van der Waals surface area contributed by atoms with E-state index in [0.717, 1.165) is 25.9 Å². The first-order chi connectivity index (χ1) is 8.22. The summed E-state index contributed by atoms with van der Waals surface area (Å²) in [6.45, 7) is 8.82. The van der Waals surface area contributed by atoms with Crippen LogP contribution in [-0.4, -0.2) is 44.3 Å². The van der Waals surface area contributed by atoms with E-state index in [4.69, 9.17) is 0 Å². The van der Waals surface area contributed by atoms with Gasteiger partial charge < -0.3 is 10.2 Å². The molecule has 0 rings (SSSR count). The molecule has 18 heavy (non-hydrogen) atoms. The minimum atomic E-state index is -4.06. The van der Waals surface area contributed by atoms with Crippen molar-refractivity contribution in [3.8, 4) is 0 Å². The van der Waals surface area contributed by atoms with Gasteiger partial charge in [0, 0.05) is 19.6 Å². The molecule has 1 N–H and O–H groups in total. The molecule has 0 spiro atoms. The van der Waals surface area contributed by atoms with Gasteiger partial charge in [-0.15, -0.1) is 0 Å². The van der Waals surface area contributed by atoms with E-state index in [9.17, 15) is 13.2 Å². The molecule has 2 nitrogen and oxygen atoms in total. The van der Waals surface area contributed by atoms with E-state index >= 15 is 0 Å². The maximum absolute atomic E-state index is 12.2. The highest BCUT2D eigenvalue weighted by atomic mass is 19.4. The molecular weight excluding hydrogens is 241 g/mol. The Labute approximate surface area is 109 Å². The summed E-state index contributed by atoms with van der Waals surface area (Å²) >= 11 is 0. The number of rotatable bonds is 9. The predicted molar refractivity (Wildman–Crippen MR) is 69.7 cm³/mol. The van der Waals surface area contributed by atoms with Crippen LogP contribution >= 0.6 is 0 Å². The lowest BCUT2D eigenvalue weighted by atomic mass is 9.85. The van der Waals surface area contributed by atoms with E-state index in [1.165, 1.54) is 0 Å². The molecule has 5 heteroatoms. The largest absolute Gasteiger partial charge is 0.390 e. The second-order valence-corrected chi connectivity index (χ2v) is 5.44. The van der Waals surface area contributed by atoms with Gasteiger partial charge in [0.1, 0.15) is 0 Å². The van der Waals surface area contributed by atoms with Gasteiger partial charge in [-0.25, -0.2) is 0 Å². The lowest BCUT2D eigenvalue weighted by molar-refractivity contribution is -0.138. The van der Waals surface area contributed by atoms with Crippen LogP contribution in [0.2, 0.25) is 0 Å². The van der Waals surface area contributed by atoms with Crippen LogP contribution in [0.5, 0.6) is 0 Å². The van der Waals surface area contributed by atoms with E-state index in [1.807, 2.05) is 6.92 Å². The zero-order chi connectivity index (χ0) is 14.2. The minimum Gasteiger partial charge on any atom is -0.316 e. The topological polar surface area (TPSA) is 15.3 Å². The van der Waals surface area contributed by atoms with Gasteiger partial charge in [0.2, 0.25) is 0 Å². The highest BCUT2D eigenvalue weighted by molar-refractivity contribution is 4.79. The van der Waals surface area contributed by atoms with Gasteiger partial charge in [0.15, 0.2) is 0 Å². The third kappa shape index (κ3) is 8.75. The van der Waals surface area contributed by atoms with Gasteiger partial charge in [-0.05, 0) is 25.4 Å². The van der Waals surface area contributed by atoms with Crippen LogP contribution in [0.3, 0.4) is 0 Å². The molecule has 0 aromatic heterocycles. The Morgan fingerprint density at radius 3 is 2.17 bits per heavy atom. The average molecular weight is 268 g/mol. The fraction of sp³-hybridized carbons (Fsp3) is 1.00. The highest BCUT2D eigenvalue weighted by Crippen LogP contribution is 2.25. The first-order valence-electron chi connectivity index (χ1n) is 6.68. The van der Waals surface area contributed by atoms with Gasteiger partial charge >= 0.3 is 6.18 Å². The third-order valence-electron chi connectivity index (χ3n) is 3.08. The van der Waals surface area contributed by atoms with E-state index < -0.39 is 12.6 Å². The Hall–Kier alpha value is -0.290. The summed E-state index contributed by atoms with van der Waals surface area (Å²) in [5.41, 5.74) is 0.0467. The molecule has 0 bridgehead atoms. The molecule has 0 radical (unpaired) electrons. The zero-order valence-electron chi connectivity index (χ0n) is 12.0. The zero-order valence-corrected chi connectivity index (χ0v) is 12.0. The molecule has 0 aliphatic rings. The summed E-state index contributed by atoms with van der Waals surface area (Å²) in [5.74, 6) is 0. The van der Waals surface area contributed by atoms with Crippen molar-refractivity contribution in [1.82, 2.24) is 10.2 Å². The molecule has 0 fully saturated rings. The predicted octanol–water partition coefficient (Wildman–Crippen LogP) is 3.29. The normalized spacial score (nSPS) is 16.0.